The standard InChI is InChI=1S/C13H26N4/c1-10(2)7-6-8-11(3)14-9-13-16-15-12(4)17(13)5/h10-11,14H,6-9H2,1-5H3. The first-order chi connectivity index (χ1) is 8.00. The molecule has 0 fully saturated rings. The summed E-state index contributed by atoms with van der Waals surface area (Å²) in [6.07, 6.45) is 3.84. The van der Waals surface area contributed by atoms with Crippen molar-refractivity contribution in [2.45, 2.75) is 59.5 Å². The van der Waals surface area contributed by atoms with Gasteiger partial charge in [-0.05, 0) is 26.2 Å². The maximum absolute atomic E-state index is 4.15. The lowest BCUT2D eigenvalue weighted by molar-refractivity contribution is 0.450. The lowest BCUT2D eigenvalue weighted by atomic mass is 10.0. The van der Waals surface area contributed by atoms with Gasteiger partial charge < -0.3 is 9.88 Å². The first kappa shape index (κ1) is 14.2. The van der Waals surface area contributed by atoms with Gasteiger partial charge in [-0.2, -0.15) is 0 Å². The van der Waals surface area contributed by atoms with E-state index in [9.17, 15) is 0 Å². The van der Waals surface area contributed by atoms with Crippen molar-refractivity contribution in [3.8, 4) is 0 Å². The average Bonchev–Trinajstić information content (AvgIpc) is 2.57. The molecular weight excluding hydrogens is 212 g/mol. The summed E-state index contributed by atoms with van der Waals surface area (Å²) in [6, 6.07) is 0.547. The van der Waals surface area contributed by atoms with Crippen molar-refractivity contribution in [3.05, 3.63) is 11.6 Å². The number of aryl methyl sites for hydroxylation is 1. The second-order valence-corrected chi connectivity index (χ2v) is 5.33. The molecule has 1 aromatic rings. The van der Waals surface area contributed by atoms with Gasteiger partial charge in [0.1, 0.15) is 11.6 Å². The summed E-state index contributed by atoms with van der Waals surface area (Å²) in [7, 11) is 2.01. The lowest BCUT2D eigenvalue weighted by Gasteiger charge is -2.14. The Morgan fingerprint density at radius 1 is 1.18 bits per heavy atom. The monoisotopic (exact) mass is 238 g/mol. The fourth-order valence-corrected chi connectivity index (χ4v) is 1.80. The molecule has 98 valence electrons. The SMILES string of the molecule is Cc1nnc(CNC(C)CCCC(C)C)n1C. The summed E-state index contributed by atoms with van der Waals surface area (Å²) in [5.41, 5.74) is 0. The zero-order valence-corrected chi connectivity index (χ0v) is 11.8. The van der Waals surface area contributed by atoms with Crippen LogP contribution in [0.1, 0.15) is 51.7 Å². The van der Waals surface area contributed by atoms with Crippen LogP contribution in [0.3, 0.4) is 0 Å². The Labute approximate surface area is 105 Å². The largest absolute Gasteiger partial charge is 0.317 e. The molecule has 1 N–H and O–H groups in total. The van der Waals surface area contributed by atoms with Gasteiger partial charge in [-0.3, -0.25) is 0 Å². The predicted octanol–water partition coefficient (Wildman–Crippen LogP) is 2.43. The summed E-state index contributed by atoms with van der Waals surface area (Å²) in [4.78, 5) is 0. The van der Waals surface area contributed by atoms with Gasteiger partial charge in [0.2, 0.25) is 0 Å². The quantitative estimate of drug-likeness (QED) is 0.793. The summed E-state index contributed by atoms with van der Waals surface area (Å²) < 4.78 is 2.04. The van der Waals surface area contributed by atoms with Crippen LogP contribution in [-0.2, 0) is 13.6 Å². The van der Waals surface area contributed by atoms with E-state index in [0.717, 1.165) is 24.1 Å². The molecule has 0 radical (unpaired) electrons. The Morgan fingerprint density at radius 3 is 2.41 bits per heavy atom. The minimum Gasteiger partial charge on any atom is -0.317 e. The fraction of sp³-hybridized carbons (Fsp3) is 0.846. The van der Waals surface area contributed by atoms with E-state index in [2.05, 4.69) is 36.3 Å². The second-order valence-electron chi connectivity index (χ2n) is 5.33. The molecule has 1 unspecified atom stereocenters. The van der Waals surface area contributed by atoms with Crippen LogP contribution in [0.4, 0.5) is 0 Å². The van der Waals surface area contributed by atoms with Crippen LogP contribution in [0.2, 0.25) is 0 Å². The molecule has 1 atom stereocenters. The van der Waals surface area contributed by atoms with Crippen LogP contribution in [0, 0.1) is 12.8 Å². The molecule has 0 aliphatic heterocycles. The van der Waals surface area contributed by atoms with Crippen LogP contribution >= 0.6 is 0 Å². The molecule has 0 bridgehead atoms. The molecule has 4 nitrogen and oxygen atoms in total. The summed E-state index contributed by atoms with van der Waals surface area (Å²) in [5.74, 6) is 2.79. The van der Waals surface area contributed by atoms with Crippen LogP contribution in [-0.4, -0.2) is 20.8 Å². The second kappa shape index (κ2) is 6.74. The minimum absolute atomic E-state index is 0.547. The minimum atomic E-state index is 0.547. The van der Waals surface area contributed by atoms with E-state index < -0.39 is 0 Å². The molecule has 0 aliphatic rings. The summed E-state index contributed by atoms with van der Waals surface area (Å²) >= 11 is 0. The van der Waals surface area contributed by atoms with Crippen molar-refractivity contribution in [2.75, 3.05) is 0 Å². The normalized spacial score (nSPS) is 13.3. The van der Waals surface area contributed by atoms with E-state index in [-0.39, 0.29) is 0 Å². The number of hydrogen-bond acceptors (Lipinski definition) is 3. The highest BCUT2D eigenvalue weighted by Gasteiger charge is 2.07. The Balaban J connectivity index is 2.24. The predicted molar refractivity (Wildman–Crippen MR) is 70.7 cm³/mol. The first-order valence-electron chi connectivity index (χ1n) is 6.59. The van der Waals surface area contributed by atoms with Gasteiger partial charge in [0, 0.05) is 13.1 Å². The number of rotatable bonds is 7. The van der Waals surface area contributed by atoms with Crippen molar-refractivity contribution < 1.29 is 0 Å². The summed E-state index contributed by atoms with van der Waals surface area (Å²) in [5, 5.41) is 11.7. The third-order valence-corrected chi connectivity index (χ3v) is 3.21. The molecule has 4 heteroatoms. The zero-order valence-electron chi connectivity index (χ0n) is 11.8. The van der Waals surface area contributed by atoms with E-state index in [1.807, 2.05) is 18.5 Å². The number of nitrogens with zero attached hydrogens (tertiary/aromatic N) is 3. The van der Waals surface area contributed by atoms with Gasteiger partial charge in [0.25, 0.3) is 0 Å². The molecule has 1 rings (SSSR count). The molecule has 0 spiro atoms. The van der Waals surface area contributed by atoms with E-state index in [1.165, 1.54) is 19.3 Å². The van der Waals surface area contributed by atoms with Gasteiger partial charge in [-0.15, -0.1) is 10.2 Å². The van der Waals surface area contributed by atoms with E-state index in [0.29, 0.717) is 6.04 Å². The van der Waals surface area contributed by atoms with Gasteiger partial charge in [0.15, 0.2) is 0 Å². The highest BCUT2D eigenvalue weighted by atomic mass is 15.3. The van der Waals surface area contributed by atoms with Crippen molar-refractivity contribution >= 4 is 0 Å². The highest BCUT2D eigenvalue weighted by Crippen LogP contribution is 2.08. The smallest absolute Gasteiger partial charge is 0.146 e. The van der Waals surface area contributed by atoms with Crippen LogP contribution in [0.5, 0.6) is 0 Å². The topological polar surface area (TPSA) is 42.7 Å². The molecule has 0 aromatic carbocycles. The van der Waals surface area contributed by atoms with Gasteiger partial charge in [-0.25, -0.2) is 0 Å². The van der Waals surface area contributed by atoms with E-state index in [1.54, 1.807) is 0 Å². The number of nitrogens with one attached hydrogen (secondary N) is 1. The molecule has 1 heterocycles. The summed E-state index contributed by atoms with van der Waals surface area (Å²) in [6.45, 7) is 9.58. The van der Waals surface area contributed by atoms with Gasteiger partial charge in [-0.1, -0.05) is 26.7 Å². The average molecular weight is 238 g/mol. The molecule has 0 saturated carbocycles. The van der Waals surface area contributed by atoms with Gasteiger partial charge >= 0.3 is 0 Å². The zero-order chi connectivity index (χ0) is 12.8. The van der Waals surface area contributed by atoms with E-state index >= 15 is 0 Å². The molecular formula is C13H26N4. The van der Waals surface area contributed by atoms with E-state index in [4.69, 9.17) is 0 Å². The van der Waals surface area contributed by atoms with Crippen molar-refractivity contribution in [3.63, 3.8) is 0 Å². The Hall–Kier alpha value is -0.900. The molecule has 17 heavy (non-hydrogen) atoms. The maximum Gasteiger partial charge on any atom is 0.146 e. The lowest BCUT2D eigenvalue weighted by Crippen LogP contribution is -2.26. The fourth-order valence-electron chi connectivity index (χ4n) is 1.80. The molecule has 0 saturated heterocycles. The maximum atomic E-state index is 4.15. The molecule has 0 amide bonds. The van der Waals surface area contributed by atoms with Crippen molar-refractivity contribution in [1.82, 2.24) is 20.1 Å². The number of aromatic nitrogens is 3. The highest BCUT2D eigenvalue weighted by molar-refractivity contribution is 4.92. The van der Waals surface area contributed by atoms with Crippen LogP contribution in [0.25, 0.3) is 0 Å². The Kier molecular flexibility index (Phi) is 5.62. The first-order valence-corrected chi connectivity index (χ1v) is 6.59. The molecule has 1 aromatic heterocycles. The van der Waals surface area contributed by atoms with Crippen molar-refractivity contribution in [2.24, 2.45) is 13.0 Å². The van der Waals surface area contributed by atoms with Crippen LogP contribution in [0.15, 0.2) is 0 Å². The molecule has 0 aliphatic carbocycles. The van der Waals surface area contributed by atoms with Gasteiger partial charge in [0.05, 0.1) is 6.54 Å². The Morgan fingerprint density at radius 2 is 1.88 bits per heavy atom. The van der Waals surface area contributed by atoms with Crippen molar-refractivity contribution in [1.29, 1.82) is 0 Å². The third kappa shape index (κ3) is 4.86. The Bertz CT molecular complexity index is 330. The number of hydrogen-bond donors (Lipinski definition) is 1. The van der Waals surface area contributed by atoms with Crippen LogP contribution < -0.4 is 5.32 Å². The third-order valence-electron chi connectivity index (χ3n) is 3.21.